The second kappa shape index (κ2) is 4.07. The van der Waals surface area contributed by atoms with Gasteiger partial charge in [-0.05, 0) is 30.5 Å². The minimum absolute atomic E-state index is 0.266. The molecule has 0 aliphatic heterocycles. The Bertz CT molecular complexity index is 415. The Hall–Kier alpha value is -1.06. The van der Waals surface area contributed by atoms with Crippen LogP contribution < -0.4 is 5.73 Å². The lowest BCUT2D eigenvalue weighted by molar-refractivity contribution is -0.143. The molecule has 1 aliphatic rings. The van der Waals surface area contributed by atoms with Crippen LogP contribution in [0, 0.1) is 0 Å². The van der Waals surface area contributed by atoms with Crippen molar-refractivity contribution in [2.24, 2.45) is 5.73 Å². The van der Waals surface area contributed by atoms with E-state index in [2.05, 4.69) is 0 Å². The largest absolute Gasteiger partial charge is 0.468 e. The first-order valence-corrected chi connectivity index (χ1v) is 5.57. The van der Waals surface area contributed by atoms with Crippen molar-refractivity contribution in [2.45, 2.75) is 24.3 Å². The van der Waals surface area contributed by atoms with Crippen LogP contribution in [-0.2, 0) is 14.9 Å². The first-order valence-electron chi connectivity index (χ1n) is 5.19. The van der Waals surface area contributed by atoms with E-state index in [1.165, 1.54) is 7.11 Å². The van der Waals surface area contributed by atoms with E-state index in [9.17, 15) is 4.79 Å². The molecular formula is C12H14ClNO2. The summed E-state index contributed by atoms with van der Waals surface area (Å²) in [6.45, 7) is 0. The van der Waals surface area contributed by atoms with Gasteiger partial charge >= 0.3 is 5.97 Å². The highest BCUT2D eigenvalue weighted by Gasteiger charge is 2.52. The highest BCUT2D eigenvalue weighted by molar-refractivity contribution is 6.30. The predicted molar refractivity (Wildman–Crippen MR) is 62.4 cm³/mol. The fraction of sp³-hybridized carbons (Fsp3) is 0.417. The Kier molecular flexibility index (Phi) is 2.91. The first-order chi connectivity index (χ1) is 7.60. The van der Waals surface area contributed by atoms with E-state index in [1.54, 1.807) is 0 Å². The highest BCUT2D eigenvalue weighted by Crippen LogP contribution is 2.50. The molecule has 0 heterocycles. The van der Waals surface area contributed by atoms with Crippen molar-refractivity contribution in [3.63, 3.8) is 0 Å². The topological polar surface area (TPSA) is 52.3 Å². The second-order valence-corrected chi connectivity index (χ2v) is 4.60. The van der Waals surface area contributed by atoms with E-state index in [-0.39, 0.29) is 11.4 Å². The summed E-state index contributed by atoms with van der Waals surface area (Å²) in [4.78, 5) is 11.5. The van der Waals surface area contributed by atoms with Crippen LogP contribution in [0.15, 0.2) is 24.3 Å². The van der Waals surface area contributed by atoms with Gasteiger partial charge in [-0.1, -0.05) is 23.7 Å². The number of nitrogens with two attached hydrogens (primary N) is 1. The van der Waals surface area contributed by atoms with Crippen LogP contribution >= 0.6 is 11.6 Å². The SMILES string of the molecule is COC(=O)C(N)C1(c2cccc(Cl)c2)CC1. The quantitative estimate of drug-likeness (QED) is 0.820. The molecule has 3 nitrogen and oxygen atoms in total. The van der Waals surface area contributed by atoms with Gasteiger partial charge in [0.25, 0.3) is 0 Å². The van der Waals surface area contributed by atoms with Crippen LogP contribution in [-0.4, -0.2) is 19.1 Å². The van der Waals surface area contributed by atoms with Crippen molar-refractivity contribution in [3.8, 4) is 0 Å². The maximum absolute atomic E-state index is 11.5. The molecule has 1 unspecified atom stereocenters. The molecule has 0 amide bonds. The van der Waals surface area contributed by atoms with E-state index in [0.717, 1.165) is 18.4 Å². The molecule has 86 valence electrons. The van der Waals surface area contributed by atoms with Crippen molar-refractivity contribution in [1.82, 2.24) is 0 Å². The maximum Gasteiger partial charge on any atom is 0.323 e. The molecule has 0 aromatic heterocycles. The Morgan fingerprint density at radius 3 is 2.75 bits per heavy atom. The van der Waals surface area contributed by atoms with Crippen molar-refractivity contribution < 1.29 is 9.53 Å². The Morgan fingerprint density at radius 1 is 1.56 bits per heavy atom. The molecule has 0 saturated heterocycles. The summed E-state index contributed by atoms with van der Waals surface area (Å²) in [5, 5.41) is 0.667. The average Bonchev–Trinajstić information content (AvgIpc) is 3.08. The molecule has 0 spiro atoms. The maximum atomic E-state index is 11.5. The monoisotopic (exact) mass is 239 g/mol. The Labute approximate surface area is 99.5 Å². The van der Waals surface area contributed by atoms with E-state index >= 15 is 0 Å². The minimum Gasteiger partial charge on any atom is -0.468 e. The molecule has 4 heteroatoms. The smallest absolute Gasteiger partial charge is 0.323 e. The van der Waals surface area contributed by atoms with Gasteiger partial charge in [-0.3, -0.25) is 4.79 Å². The Morgan fingerprint density at radius 2 is 2.25 bits per heavy atom. The number of esters is 1. The standard InChI is InChI=1S/C12H14ClNO2/c1-16-11(15)10(14)12(5-6-12)8-3-2-4-9(13)7-8/h2-4,7,10H,5-6,14H2,1H3. The summed E-state index contributed by atoms with van der Waals surface area (Å²) < 4.78 is 4.69. The third-order valence-corrected chi connectivity index (χ3v) is 3.47. The van der Waals surface area contributed by atoms with Crippen LogP contribution in [0.25, 0.3) is 0 Å². The van der Waals surface area contributed by atoms with Crippen molar-refractivity contribution >= 4 is 17.6 Å². The molecule has 1 saturated carbocycles. The highest BCUT2D eigenvalue weighted by atomic mass is 35.5. The lowest BCUT2D eigenvalue weighted by atomic mass is 9.88. The molecule has 1 atom stereocenters. The van der Waals surface area contributed by atoms with Crippen LogP contribution in [0.2, 0.25) is 5.02 Å². The number of halogens is 1. The van der Waals surface area contributed by atoms with E-state index in [1.807, 2.05) is 24.3 Å². The van der Waals surface area contributed by atoms with Gasteiger partial charge < -0.3 is 10.5 Å². The molecule has 16 heavy (non-hydrogen) atoms. The van der Waals surface area contributed by atoms with Gasteiger partial charge in [0, 0.05) is 10.4 Å². The van der Waals surface area contributed by atoms with E-state index in [0.29, 0.717) is 5.02 Å². The lowest BCUT2D eigenvalue weighted by Crippen LogP contribution is -2.42. The summed E-state index contributed by atoms with van der Waals surface area (Å²) in [7, 11) is 1.36. The zero-order valence-electron chi connectivity index (χ0n) is 9.07. The van der Waals surface area contributed by atoms with Gasteiger partial charge in [0.15, 0.2) is 0 Å². The minimum atomic E-state index is -0.601. The molecule has 1 aliphatic carbocycles. The Balaban J connectivity index is 2.29. The van der Waals surface area contributed by atoms with Crippen molar-refractivity contribution in [1.29, 1.82) is 0 Å². The average molecular weight is 240 g/mol. The van der Waals surface area contributed by atoms with Crippen LogP contribution in [0.3, 0.4) is 0 Å². The molecule has 1 aromatic carbocycles. The second-order valence-electron chi connectivity index (χ2n) is 4.17. The summed E-state index contributed by atoms with van der Waals surface area (Å²) >= 11 is 5.94. The number of carbonyl (C=O) groups is 1. The summed E-state index contributed by atoms with van der Waals surface area (Å²) in [5.41, 5.74) is 6.69. The lowest BCUT2D eigenvalue weighted by Gasteiger charge is -2.21. The number of hydrogen-bond acceptors (Lipinski definition) is 3. The molecular weight excluding hydrogens is 226 g/mol. The van der Waals surface area contributed by atoms with Crippen LogP contribution in [0.4, 0.5) is 0 Å². The summed E-state index contributed by atoms with van der Waals surface area (Å²) in [5.74, 6) is -0.363. The van der Waals surface area contributed by atoms with Gasteiger partial charge in [0.05, 0.1) is 7.11 Å². The number of rotatable bonds is 3. The van der Waals surface area contributed by atoms with Gasteiger partial charge in [-0.25, -0.2) is 0 Å². The van der Waals surface area contributed by atoms with Crippen LogP contribution in [0.1, 0.15) is 18.4 Å². The number of methoxy groups -OCH3 is 1. The summed E-state index contributed by atoms with van der Waals surface area (Å²) in [6.07, 6.45) is 1.81. The fourth-order valence-electron chi connectivity index (χ4n) is 2.06. The third kappa shape index (κ3) is 1.81. The third-order valence-electron chi connectivity index (χ3n) is 3.24. The van der Waals surface area contributed by atoms with E-state index in [4.69, 9.17) is 22.1 Å². The molecule has 2 N–H and O–H groups in total. The molecule has 1 fully saturated rings. The van der Waals surface area contributed by atoms with Crippen LogP contribution in [0.5, 0.6) is 0 Å². The molecule has 2 rings (SSSR count). The molecule has 1 aromatic rings. The zero-order chi connectivity index (χ0) is 11.8. The zero-order valence-corrected chi connectivity index (χ0v) is 9.83. The first kappa shape index (κ1) is 11.4. The molecule has 0 radical (unpaired) electrons. The van der Waals surface area contributed by atoms with Crippen molar-refractivity contribution in [2.75, 3.05) is 7.11 Å². The number of carbonyl (C=O) groups excluding carboxylic acids is 1. The van der Waals surface area contributed by atoms with Crippen molar-refractivity contribution in [3.05, 3.63) is 34.9 Å². The predicted octanol–water partition coefficient (Wildman–Crippen LogP) is 1.87. The van der Waals surface area contributed by atoms with E-state index < -0.39 is 6.04 Å². The number of hydrogen-bond donors (Lipinski definition) is 1. The number of ether oxygens (including phenoxy) is 1. The fourth-order valence-corrected chi connectivity index (χ4v) is 2.25. The van der Waals surface area contributed by atoms with Gasteiger partial charge in [-0.15, -0.1) is 0 Å². The normalized spacial score (nSPS) is 18.9. The molecule has 0 bridgehead atoms. The van der Waals surface area contributed by atoms with Gasteiger partial charge in [0.1, 0.15) is 6.04 Å². The van der Waals surface area contributed by atoms with Gasteiger partial charge in [-0.2, -0.15) is 0 Å². The summed E-state index contributed by atoms with van der Waals surface area (Å²) in [6, 6.07) is 6.92. The van der Waals surface area contributed by atoms with Gasteiger partial charge in [0.2, 0.25) is 0 Å². The number of benzene rings is 1.